The lowest BCUT2D eigenvalue weighted by Gasteiger charge is -2.22. The van der Waals surface area contributed by atoms with E-state index < -0.39 is 0 Å². The molecule has 4 nitrogen and oxygen atoms in total. The molecular formula is C19H21ClO4. The van der Waals surface area contributed by atoms with E-state index in [-0.39, 0.29) is 6.29 Å². The summed E-state index contributed by atoms with van der Waals surface area (Å²) in [6.07, 6.45) is 3.12. The molecule has 128 valence electrons. The molecular weight excluding hydrogens is 328 g/mol. The highest BCUT2D eigenvalue weighted by atomic mass is 35.5. The van der Waals surface area contributed by atoms with Gasteiger partial charge in [0.05, 0.1) is 11.6 Å². The summed E-state index contributed by atoms with van der Waals surface area (Å²) in [4.78, 5) is 0. The number of halogens is 1. The second-order valence-corrected chi connectivity index (χ2v) is 5.93. The monoisotopic (exact) mass is 348 g/mol. The summed E-state index contributed by atoms with van der Waals surface area (Å²) in [5.74, 6) is 2.05. The molecule has 1 fully saturated rings. The summed E-state index contributed by atoms with van der Waals surface area (Å²) in [5, 5.41) is 0.511. The number of hydrogen-bond donors (Lipinski definition) is 0. The Bertz CT molecular complexity index is 627. The van der Waals surface area contributed by atoms with E-state index in [0.29, 0.717) is 29.7 Å². The zero-order valence-electron chi connectivity index (χ0n) is 13.4. The Morgan fingerprint density at radius 3 is 2.62 bits per heavy atom. The van der Waals surface area contributed by atoms with Crippen molar-refractivity contribution in [1.29, 1.82) is 0 Å². The van der Waals surface area contributed by atoms with Crippen molar-refractivity contribution in [3.8, 4) is 17.2 Å². The highest BCUT2D eigenvalue weighted by Crippen LogP contribution is 2.31. The molecule has 1 heterocycles. The van der Waals surface area contributed by atoms with Crippen LogP contribution in [-0.4, -0.2) is 26.1 Å². The first kappa shape index (κ1) is 17.1. The standard InChI is InChI=1S/C19H21ClO4/c20-17-14-16(24-15-6-2-1-3-7-15)9-10-18(17)21-12-13-23-19-8-4-5-11-22-19/h1-3,6-7,9-10,14,19H,4-5,8,11-13H2. The van der Waals surface area contributed by atoms with Gasteiger partial charge in [0.15, 0.2) is 6.29 Å². The molecule has 3 rings (SSSR count). The average Bonchev–Trinajstić information content (AvgIpc) is 2.62. The topological polar surface area (TPSA) is 36.9 Å². The van der Waals surface area contributed by atoms with Crippen LogP contribution >= 0.6 is 11.6 Å². The molecule has 1 atom stereocenters. The molecule has 0 aromatic heterocycles. The van der Waals surface area contributed by atoms with Gasteiger partial charge in [0, 0.05) is 12.7 Å². The van der Waals surface area contributed by atoms with Crippen LogP contribution in [0.3, 0.4) is 0 Å². The highest BCUT2D eigenvalue weighted by Gasteiger charge is 2.13. The van der Waals surface area contributed by atoms with E-state index in [9.17, 15) is 0 Å². The largest absolute Gasteiger partial charge is 0.490 e. The normalized spacial score (nSPS) is 17.5. The Kier molecular flexibility index (Phi) is 6.35. The molecule has 2 aromatic rings. The third-order valence-electron chi connectivity index (χ3n) is 3.66. The van der Waals surface area contributed by atoms with Crippen molar-refractivity contribution < 1.29 is 18.9 Å². The summed E-state index contributed by atoms with van der Waals surface area (Å²) in [5.41, 5.74) is 0. The summed E-state index contributed by atoms with van der Waals surface area (Å²) < 4.78 is 22.5. The van der Waals surface area contributed by atoms with Crippen LogP contribution in [0.2, 0.25) is 5.02 Å². The number of hydrogen-bond acceptors (Lipinski definition) is 4. The van der Waals surface area contributed by atoms with Gasteiger partial charge in [-0.15, -0.1) is 0 Å². The van der Waals surface area contributed by atoms with Crippen molar-refractivity contribution >= 4 is 11.6 Å². The number of para-hydroxylation sites is 1. The Hall–Kier alpha value is -1.75. The molecule has 1 aliphatic heterocycles. The quantitative estimate of drug-likeness (QED) is 0.656. The average molecular weight is 349 g/mol. The minimum Gasteiger partial charge on any atom is -0.490 e. The van der Waals surface area contributed by atoms with Crippen molar-refractivity contribution in [3.63, 3.8) is 0 Å². The van der Waals surface area contributed by atoms with Crippen LogP contribution in [0, 0.1) is 0 Å². The molecule has 0 amide bonds. The van der Waals surface area contributed by atoms with Gasteiger partial charge in [0.2, 0.25) is 0 Å². The first-order chi connectivity index (χ1) is 11.8. The van der Waals surface area contributed by atoms with Crippen molar-refractivity contribution in [2.75, 3.05) is 19.8 Å². The van der Waals surface area contributed by atoms with E-state index in [2.05, 4.69) is 0 Å². The van der Waals surface area contributed by atoms with E-state index >= 15 is 0 Å². The Labute approximate surface area is 147 Å². The fraction of sp³-hybridized carbons (Fsp3) is 0.368. The molecule has 1 saturated heterocycles. The molecule has 0 aliphatic carbocycles. The van der Waals surface area contributed by atoms with E-state index in [1.165, 1.54) is 0 Å². The Balaban J connectivity index is 1.46. The van der Waals surface area contributed by atoms with E-state index in [0.717, 1.165) is 31.6 Å². The maximum atomic E-state index is 6.25. The van der Waals surface area contributed by atoms with Crippen molar-refractivity contribution in [2.24, 2.45) is 0 Å². The van der Waals surface area contributed by atoms with Crippen LogP contribution in [0.25, 0.3) is 0 Å². The lowest BCUT2D eigenvalue weighted by atomic mass is 10.2. The molecule has 0 bridgehead atoms. The maximum absolute atomic E-state index is 6.25. The Morgan fingerprint density at radius 1 is 1.00 bits per heavy atom. The van der Waals surface area contributed by atoms with Gasteiger partial charge >= 0.3 is 0 Å². The number of ether oxygens (including phenoxy) is 4. The molecule has 1 aliphatic rings. The van der Waals surface area contributed by atoms with Gasteiger partial charge in [-0.3, -0.25) is 0 Å². The lowest BCUT2D eigenvalue weighted by molar-refractivity contribution is -0.165. The SMILES string of the molecule is Clc1cc(Oc2ccccc2)ccc1OCCOC1CCCCO1. The Morgan fingerprint density at radius 2 is 1.88 bits per heavy atom. The van der Waals surface area contributed by atoms with Gasteiger partial charge in [-0.25, -0.2) is 0 Å². The zero-order valence-corrected chi connectivity index (χ0v) is 14.2. The molecule has 2 aromatic carbocycles. The maximum Gasteiger partial charge on any atom is 0.157 e. The fourth-order valence-corrected chi connectivity index (χ4v) is 2.69. The smallest absolute Gasteiger partial charge is 0.157 e. The van der Waals surface area contributed by atoms with Crippen LogP contribution < -0.4 is 9.47 Å². The summed E-state index contributed by atoms with van der Waals surface area (Å²) in [6, 6.07) is 14.9. The molecule has 5 heteroatoms. The van der Waals surface area contributed by atoms with E-state index in [4.69, 9.17) is 30.5 Å². The van der Waals surface area contributed by atoms with Gasteiger partial charge in [0.25, 0.3) is 0 Å². The fourth-order valence-electron chi connectivity index (χ4n) is 2.46. The van der Waals surface area contributed by atoms with Crippen molar-refractivity contribution in [1.82, 2.24) is 0 Å². The van der Waals surface area contributed by atoms with Gasteiger partial charge in [-0.05, 0) is 43.5 Å². The van der Waals surface area contributed by atoms with E-state index in [1.54, 1.807) is 12.1 Å². The van der Waals surface area contributed by atoms with Crippen LogP contribution in [-0.2, 0) is 9.47 Å². The molecule has 0 spiro atoms. The second-order valence-electron chi connectivity index (χ2n) is 5.52. The first-order valence-corrected chi connectivity index (χ1v) is 8.57. The summed E-state index contributed by atoms with van der Waals surface area (Å²) in [6.45, 7) is 1.68. The molecule has 0 radical (unpaired) electrons. The van der Waals surface area contributed by atoms with Crippen molar-refractivity contribution in [3.05, 3.63) is 53.6 Å². The minimum absolute atomic E-state index is 0.0977. The molecule has 24 heavy (non-hydrogen) atoms. The number of benzene rings is 2. The minimum atomic E-state index is -0.0977. The zero-order chi connectivity index (χ0) is 16.6. The predicted octanol–water partition coefficient (Wildman–Crippen LogP) is 5.05. The van der Waals surface area contributed by atoms with Gasteiger partial charge < -0.3 is 18.9 Å². The first-order valence-electron chi connectivity index (χ1n) is 8.20. The summed E-state index contributed by atoms with van der Waals surface area (Å²) >= 11 is 6.25. The second kappa shape index (κ2) is 8.92. The van der Waals surface area contributed by atoms with Crippen LogP contribution in [0.15, 0.2) is 48.5 Å². The van der Waals surface area contributed by atoms with Gasteiger partial charge in [0.1, 0.15) is 23.9 Å². The van der Waals surface area contributed by atoms with Crippen LogP contribution in [0.4, 0.5) is 0 Å². The van der Waals surface area contributed by atoms with Crippen molar-refractivity contribution in [2.45, 2.75) is 25.6 Å². The molecule has 0 saturated carbocycles. The van der Waals surface area contributed by atoms with Crippen LogP contribution in [0.1, 0.15) is 19.3 Å². The van der Waals surface area contributed by atoms with Gasteiger partial charge in [-0.1, -0.05) is 29.8 Å². The molecule has 1 unspecified atom stereocenters. The third-order valence-corrected chi connectivity index (χ3v) is 3.96. The third kappa shape index (κ3) is 5.13. The number of rotatable bonds is 7. The van der Waals surface area contributed by atoms with Gasteiger partial charge in [-0.2, -0.15) is 0 Å². The highest BCUT2D eigenvalue weighted by molar-refractivity contribution is 6.32. The van der Waals surface area contributed by atoms with Crippen LogP contribution in [0.5, 0.6) is 17.2 Å². The lowest BCUT2D eigenvalue weighted by Crippen LogP contribution is -2.24. The van der Waals surface area contributed by atoms with E-state index in [1.807, 2.05) is 36.4 Å². The molecule has 0 N–H and O–H groups in total. The summed E-state index contributed by atoms with van der Waals surface area (Å²) in [7, 11) is 0. The predicted molar refractivity (Wildman–Crippen MR) is 93.0 cm³/mol.